The maximum atomic E-state index is 12.2. The molecule has 1 aliphatic carbocycles. The van der Waals surface area contributed by atoms with Gasteiger partial charge in [0.2, 0.25) is 0 Å². The van der Waals surface area contributed by atoms with Crippen LogP contribution in [0.5, 0.6) is 0 Å². The molecule has 1 aliphatic heterocycles. The maximum absolute atomic E-state index is 12.2. The minimum atomic E-state index is -1.19. The van der Waals surface area contributed by atoms with Gasteiger partial charge in [0.05, 0.1) is 30.4 Å². The van der Waals surface area contributed by atoms with Crippen LogP contribution >= 0.6 is 0 Å². The molecule has 2 aromatic carbocycles. The van der Waals surface area contributed by atoms with Gasteiger partial charge in [0, 0.05) is 5.92 Å². The number of carboxylic acids is 1. The number of carboxylic acid groups (broad SMARTS) is 1. The summed E-state index contributed by atoms with van der Waals surface area (Å²) in [6.45, 7) is 0. The molecule has 0 fully saturated rings. The molecule has 1 heterocycles. The number of rotatable bonds is 3. The summed E-state index contributed by atoms with van der Waals surface area (Å²) in [7, 11) is 1.37. The number of methoxy groups -OCH3 is 1. The smallest absolute Gasteiger partial charge is 0.339 e. The van der Waals surface area contributed by atoms with Gasteiger partial charge >= 0.3 is 5.97 Å². The fourth-order valence-electron chi connectivity index (χ4n) is 4.06. The van der Waals surface area contributed by atoms with Crippen molar-refractivity contribution in [1.82, 2.24) is 0 Å². The minimum Gasteiger partial charge on any atom is -0.545 e. The van der Waals surface area contributed by atoms with E-state index >= 15 is 0 Å². The van der Waals surface area contributed by atoms with Gasteiger partial charge in [0.25, 0.3) is 0 Å². The number of carbonyl (C=O) groups is 2. The van der Waals surface area contributed by atoms with Crippen LogP contribution in [-0.4, -0.2) is 19.0 Å². The van der Waals surface area contributed by atoms with Gasteiger partial charge in [-0.3, -0.25) is 0 Å². The van der Waals surface area contributed by atoms with Crippen molar-refractivity contribution in [1.29, 1.82) is 0 Å². The first-order chi connectivity index (χ1) is 12.6. The van der Waals surface area contributed by atoms with E-state index in [0.717, 1.165) is 23.2 Å². The topological polar surface area (TPSA) is 78.5 Å². The first-order valence-electron chi connectivity index (χ1n) is 8.56. The van der Waals surface area contributed by atoms with Crippen molar-refractivity contribution in [3.8, 4) is 0 Å². The highest BCUT2D eigenvalue weighted by Gasteiger charge is 2.39. The summed E-state index contributed by atoms with van der Waals surface area (Å²) < 4.78 is 4.93. The van der Waals surface area contributed by atoms with E-state index in [4.69, 9.17) is 4.74 Å². The van der Waals surface area contributed by atoms with E-state index in [1.54, 1.807) is 18.2 Å². The lowest BCUT2D eigenvalue weighted by Crippen LogP contribution is -2.30. The molecule has 2 aliphatic rings. The van der Waals surface area contributed by atoms with Crippen LogP contribution in [0, 0.1) is 5.92 Å². The zero-order valence-electron chi connectivity index (χ0n) is 14.3. The highest BCUT2D eigenvalue weighted by Crippen LogP contribution is 2.50. The summed E-state index contributed by atoms with van der Waals surface area (Å²) in [5.41, 5.74) is 3.54. The molecule has 0 aromatic heterocycles. The lowest BCUT2D eigenvalue weighted by molar-refractivity contribution is -0.255. The van der Waals surface area contributed by atoms with Gasteiger partial charge in [0.1, 0.15) is 0 Å². The molecule has 5 nitrogen and oxygen atoms in total. The number of hydrogen-bond acceptors (Lipinski definition) is 5. The maximum Gasteiger partial charge on any atom is 0.339 e. The lowest BCUT2D eigenvalue weighted by atomic mass is 9.76. The molecule has 0 amide bonds. The van der Waals surface area contributed by atoms with Crippen molar-refractivity contribution in [2.24, 2.45) is 5.92 Å². The number of nitrogens with one attached hydrogen (secondary N) is 1. The summed E-state index contributed by atoms with van der Waals surface area (Å²) in [5.74, 6) is -1.04. The molecule has 0 saturated heterocycles. The molecule has 0 saturated carbocycles. The molecule has 132 valence electrons. The van der Waals surface area contributed by atoms with E-state index in [0.29, 0.717) is 11.5 Å². The van der Waals surface area contributed by atoms with E-state index in [9.17, 15) is 14.7 Å². The quantitative estimate of drug-likeness (QED) is 0.681. The van der Waals surface area contributed by atoms with Gasteiger partial charge in [-0.15, -0.1) is 0 Å². The number of hydrogen-bond donors (Lipinski definition) is 1. The Morgan fingerprint density at radius 3 is 2.62 bits per heavy atom. The predicted molar refractivity (Wildman–Crippen MR) is 94.9 cm³/mol. The molecule has 1 N–H and O–H groups in total. The highest BCUT2D eigenvalue weighted by atomic mass is 16.5. The third-order valence-electron chi connectivity index (χ3n) is 5.31. The second-order valence-corrected chi connectivity index (χ2v) is 6.65. The van der Waals surface area contributed by atoms with Crippen LogP contribution in [0.1, 0.15) is 50.2 Å². The summed E-state index contributed by atoms with van der Waals surface area (Å²) in [4.78, 5) is 23.2. The Hall–Kier alpha value is -3.08. The van der Waals surface area contributed by atoms with Gasteiger partial charge in [0.15, 0.2) is 0 Å². The third-order valence-corrected chi connectivity index (χ3v) is 5.31. The van der Waals surface area contributed by atoms with E-state index in [1.807, 2.05) is 24.3 Å². The number of para-hydroxylation sites is 1. The predicted octanol–water partition coefficient (Wildman–Crippen LogP) is 2.66. The molecule has 26 heavy (non-hydrogen) atoms. The Bertz CT molecular complexity index is 901. The SMILES string of the molecule is COC(=O)c1cccc2c1N[C@@H](c1ccc(C(=O)[O-])cc1)[C@@H]1CC=C[C@H]21. The van der Waals surface area contributed by atoms with E-state index in [1.165, 1.54) is 7.11 Å². The zero-order valence-corrected chi connectivity index (χ0v) is 14.3. The Morgan fingerprint density at radius 2 is 1.92 bits per heavy atom. The normalized spacial score (nSPS) is 22.9. The van der Waals surface area contributed by atoms with Crippen LogP contribution in [0.3, 0.4) is 0 Å². The van der Waals surface area contributed by atoms with Crippen molar-refractivity contribution in [2.75, 3.05) is 12.4 Å². The van der Waals surface area contributed by atoms with E-state index in [-0.39, 0.29) is 23.5 Å². The number of benzene rings is 2. The molecule has 2 aromatic rings. The Morgan fingerprint density at radius 1 is 1.15 bits per heavy atom. The van der Waals surface area contributed by atoms with Crippen molar-refractivity contribution in [3.63, 3.8) is 0 Å². The van der Waals surface area contributed by atoms with E-state index in [2.05, 4.69) is 17.5 Å². The van der Waals surface area contributed by atoms with Crippen LogP contribution in [0.4, 0.5) is 5.69 Å². The monoisotopic (exact) mass is 348 g/mol. The summed E-state index contributed by atoms with van der Waals surface area (Å²) >= 11 is 0. The van der Waals surface area contributed by atoms with Gasteiger partial charge in [-0.2, -0.15) is 0 Å². The average Bonchev–Trinajstić information content (AvgIpc) is 3.16. The molecular formula is C21H18NO4-. The number of carbonyl (C=O) groups excluding carboxylic acids is 2. The molecule has 5 heteroatoms. The van der Waals surface area contributed by atoms with Gasteiger partial charge < -0.3 is 20.0 Å². The first-order valence-corrected chi connectivity index (χ1v) is 8.56. The van der Waals surface area contributed by atoms with Gasteiger partial charge in [-0.05, 0) is 35.1 Å². The van der Waals surface area contributed by atoms with Crippen molar-refractivity contribution in [3.05, 3.63) is 76.9 Å². The summed E-state index contributed by atoms with van der Waals surface area (Å²) in [6, 6.07) is 12.4. The van der Waals surface area contributed by atoms with Gasteiger partial charge in [-0.25, -0.2) is 4.79 Å². The first kappa shape index (κ1) is 16.4. The van der Waals surface area contributed by atoms with Crippen molar-refractivity contribution in [2.45, 2.75) is 18.4 Å². The number of anilines is 1. The fraction of sp³-hybridized carbons (Fsp3) is 0.238. The number of allylic oxidation sites excluding steroid dienone is 2. The third kappa shape index (κ3) is 2.56. The second-order valence-electron chi connectivity index (χ2n) is 6.65. The number of aromatic carboxylic acids is 1. The second kappa shape index (κ2) is 6.33. The van der Waals surface area contributed by atoms with Crippen LogP contribution < -0.4 is 10.4 Å². The molecule has 0 bridgehead atoms. The number of fused-ring (bicyclic) bond motifs is 3. The molecule has 0 unspecified atom stereocenters. The average molecular weight is 348 g/mol. The largest absolute Gasteiger partial charge is 0.545 e. The Labute approximate surface area is 151 Å². The lowest BCUT2D eigenvalue weighted by Gasteiger charge is -2.38. The number of esters is 1. The molecule has 3 atom stereocenters. The summed E-state index contributed by atoms with van der Waals surface area (Å²) in [5, 5.41) is 14.5. The van der Waals surface area contributed by atoms with Crippen LogP contribution in [-0.2, 0) is 4.74 Å². The zero-order chi connectivity index (χ0) is 18.3. The van der Waals surface area contributed by atoms with Crippen LogP contribution in [0.2, 0.25) is 0 Å². The highest BCUT2D eigenvalue weighted by molar-refractivity contribution is 5.97. The van der Waals surface area contributed by atoms with Crippen molar-refractivity contribution >= 4 is 17.6 Å². The Balaban J connectivity index is 1.78. The standard InChI is InChI=1S/C21H19NO4/c1-26-21(25)17-7-3-6-16-14-4-2-5-15(14)18(22-19(16)17)12-8-10-13(11-9-12)20(23)24/h2-4,6-11,14-15,18,22H,5H2,1H3,(H,23,24)/p-1/t14-,15+,18-/m0/s1. The summed E-state index contributed by atoms with van der Waals surface area (Å²) in [6.07, 6.45) is 5.28. The van der Waals surface area contributed by atoms with Gasteiger partial charge in [-0.1, -0.05) is 48.6 Å². The number of ether oxygens (including phenoxy) is 1. The molecule has 0 radical (unpaired) electrons. The molecular weight excluding hydrogens is 330 g/mol. The van der Waals surface area contributed by atoms with E-state index < -0.39 is 5.97 Å². The van der Waals surface area contributed by atoms with Crippen LogP contribution in [0.15, 0.2) is 54.6 Å². The van der Waals surface area contributed by atoms with Crippen LogP contribution in [0.25, 0.3) is 0 Å². The fourth-order valence-corrected chi connectivity index (χ4v) is 4.06. The van der Waals surface area contributed by atoms with Crippen molar-refractivity contribution < 1.29 is 19.4 Å². The molecule has 4 rings (SSSR count). The minimum absolute atomic E-state index is 0.0240. The Kier molecular flexibility index (Phi) is 3.99. The molecule has 0 spiro atoms.